The number of hydrogen-bond acceptors (Lipinski definition) is 4. The summed E-state index contributed by atoms with van der Waals surface area (Å²) in [5, 5.41) is 6.93. The van der Waals surface area contributed by atoms with E-state index in [1.54, 1.807) is 23.7 Å². The van der Waals surface area contributed by atoms with Crippen molar-refractivity contribution < 1.29 is 4.79 Å². The lowest BCUT2D eigenvalue weighted by molar-refractivity contribution is -0.121. The Labute approximate surface area is 116 Å². The van der Waals surface area contributed by atoms with E-state index < -0.39 is 0 Å². The van der Waals surface area contributed by atoms with Gasteiger partial charge in [0.1, 0.15) is 0 Å². The van der Waals surface area contributed by atoms with E-state index in [0.717, 1.165) is 17.0 Å². The van der Waals surface area contributed by atoms with Gasteiger partial charge in [-0.3, -0.25) is 14.8 Å². The molecule has 2 heterocycles. The van der Waals surface area contributed by atoms with Gasteiger partial charge < -0.3 is 5.32 Å². The molecule has 0 atom stereocenters. The second-order valence-corrected chi connectivity index (χ2v) is 5.52. The fourth-order valence-electron chi connectivity index (χ4n) is 1.76. The molecule has 19 heavy (non-hydrogen) atoms. The van der Waals surface area contributed by atoms with Crippen LogP contribution in [0.1, 0.15) is 26.0 Å². The summed E-state index contributed by atoms with van der Waals surface area (Å²) in [6.07, 6.45) is 3.86. The maximum Gasteiger partial charge on any atom is 0.220 e. The van der Waals surface area contributed by atoms with Crippen molar-refractivity contribution in [2.24, 2.45) is 5.92 Å². The topological polar surface area (TPSA) is 54.9 Å². The van der Waals surface area contributed by atoms with Gasteiger partial charge in [-0.25, -0.2) is 0 Å². The van der Waals surface area contributed by atoms with Crippen LogP contribution in [-0.2, 0) is 11.3 Å². The molecule has 0 saturated heterocycles. The Hall–Kier alpha value is -1.75. The van der Waals surface area contributed by atoms with Crippen molar-refractivity contribution in [3.05, 3.63) is 34.9 Å². The second-order valence-electron chi connectivity index (χ2n) is 4.74. The van der Waals surface area contributed by atoms with Gasteiger partial charge in [0.05, 0.1) is 17.9 Å². The summed E-state index contributed by atoms with van der Waals surface area (Å²) in [6, 6.07) is 2.01. The average Bonchev–Trinajstić information content (AvgIpc) is 2.89. The zero-order chi connectivity index (χ0) is 13.7. The van der Waals surface area contributed by atoms with Crippen molar-refractivity contribution in [1.29, 1.82) is 0 Å². The van der Waals surface area contributed by atoms with Gasteiger partial charge in [-0.1, -0.05) is 13.8 Å². The number of carbonyl (C=O) groups excluding carboxylic acids is 1. The van der Waals surface area contributed by atoms with E-state index >= 15 is 0 Å². The molecular weight excluding hydrogens is 258 g/mol. The van der Waals surface area contributed by atoms with Crippen LogP contribution in [0.5, 0.6) is 0 Å². The fourth-order valence-corrected chi connectivity index (χ4v) is 2.40. The number of carbonyl (C=O) groups is 1. The van der Waals surface area contributed by atoms with Gasteiger partial charge in [0.25, 0.3) is 0 Å². The molecule has 0 saturated carbocycles. The number of aromatic nitrogens is 2. The van der Waals surface area contributed by atoms with Crippen molar-refractivity contribution in [3.8, 4) is 11.3 Å². The summed E-state index contributed by atoms with van der Waals surface area (Å²) in [4.78, 5) is 20.3. The molecule has 1 amide bonds. The minimum Gasteiger partial charge on any atom is -0.350 e. The first kappa shape index (κ1) is 13.7. The van der Waals surface area contributed by atoms with E-state index in [9.17, 15) is 4.79 Å². The van der Waals surface area contributed by atoms with Gasteiger partial charge in [0.2, 0.25) is 5.91 Å². The van der Waals surface area contributed by atoms with E-state index in [4.69, 9.17) is 0 Å². The monoisotopic (exact) mass is 275 g/mol. The van der Waals surface area contributed by atoms with Crippen LogP contribution < -0.4 is 5.32 Å². The number of hydrogen-bond donors (Lipinski definition) is 1. The van der Waals surface area contributed by atoms with Crippen molar-refractivity contribution in [3.63, 3.8) is 0 Å². The van der Waals surface area contributed by atoms with Gasteiger partial charge in [-0.15, -0.1) is 0 Å². The molecule has 0 aromatic carbocycles. The predicted molar refractivity (Wildman–Crippen MR) is 76.6 cm³/mol. The van der Waals surface area contributed by atoms with Gasteiger partial charge >= 0.3 is 0 Å². The van der Waals surface area contributed by atoms with E-state index in [1.165, 1.54) is 0 Å². The molecule has 2 aromatic heterocycles. The van der Waals surface area contributed by atoms with Crippen LogP contribution in [0.2, 0.25) is 0 Å². The molecule has 0 bridgehead atoms. The average molecular weight is 275 g/mol. The van der Waals surface area contributed by atoms with Crippen LogP contribution in [-0.4, -0.2) is 15.9 Å². The van der Waals surface area contributed by atoms with Crippen LogP contribution >= 0.6 is 11.3 Å². The smallest absolute Gasteiger partial charge is 0.220 e. The lowest BCUT2D eigenvalue weighted by Gasteiger charge is -2.09. The van der Waals surface area contributed by atoms with Gasteiger partial charge in [-0.05, 0) is 17.4 Å². The summed E-state index contributed by atoms with van der Waals surface area (Å²) in [6.45, 7) is 4.47. The highest BCUT2D eigenvalue weighted by Crippen LogP contribution is 2.22. The first-order chi connectivity index (χ1) is 9.16. The number of nitrogens with zero attached hydrogens (tertiary/aromatic N) is 2. The van der Waals surface area contributed by atoms with E-state index in [2.05, 4.69) is 15.3 Å². The number of thiophene rings is 1. The Kier molecular flexibility index (Phi) is 4.63. The molecule has 4 nitrogen and oxygen atoms in total. The standard InChI is InChI=1S/C14H17N3OS/c1-10(2)7-13(18)17-8-12-14(16-5-4-15-12)11-3-6-19-9-11/h3-6,9-10H,7-8H2,1-2H3,(H,17,18). The highest BCUT2D eigenvalue weighted by atomic mass is 32.1. The molecule has 2 aromatic rings. The van der Waals surface area contributed by atoms with Crippen LogP contribution in [0.15, 0.2) is 29.2 Å². The maximum atomic E-state index is 11.7. The molecule has 0 fully saturated rings. The molecule has 0 aliphatic heterocycles. The molecule has 1 N–H and O–H groups in total. The summed E-state index contributed by atoms with van der Waals surface area (Å²) in [7, 11) is 0. The SMILES string of the molecule is CC(C)CC(=O)NCc1nccnc1-c1ccsc1. The minimum absolute atomic E-state index is 0.0527. The Bertz CT molecular complexity index is 537. The normalized spacial score (nSPS) is 10.7. The van der Waals surface area contributed by atoms with Gasteiger partial charge in [-0.2, -0.15) is 11.3 Å². The first-order valence-corrected chi connectivity index (χ1v) is 7.20. The fraction of sp³-hybridized carbons (Fsp3) is 0.357. The third kappa shape index (κ3) is 3.86. The quantitative estimate of drug-likeness (QED) is 0.913. The lowest BCUT2D eigenvalue weighted by Crippen LogP contribution is -2.24. The molecule has 100 valence electrons. The molecule has 0 aliphatic rings. The third-order valence-electron chi connectivity index (χ3n) is 2.62. The predicted octanol–water partition coefficient (Wildman–Crippen LogP) is 2.87. The van der Waals surface area contributed by atoms with Crippen LogP contribution in [0.3, 0.4) is 0 Å². The highest BCUT2D eigenvalue weighted by molar-refractivity contribution is 7.08. The number of amides is 1. The lowest BCUT2D eigenvalue weighted by atomic mass is 10.1. The molecule has 5 heteroatoms. The molecular formula is C14H17N3OS. The zero-order valence-electron chi connectivity index (χ0n) is 11.1. The van der Waals surface area contributed by atoms with Crippen LogP contribution in [0, 0.1) is 5.92 Å². The summed E-state index contributed by atoms with van der Waals surface area (Å²) >= 11 is 1.62. The van der Waals surface area contributed by atoms with Gasteiger partial charge in [0.15, 0.2) is 0 Å². The van der Waals surface area contributed by atoms with Crippen molar-refractivity contribution in [2.75, 3.05) is 0 Å². The second kappa shape index (κ2) is 6.43. The molecule has 0 unspecified atom stereocenters. The van der Waals surface area contributed by atoms with Crippen LogP contribution in [0.4, 0.5) is 0 Å². The first-order valence-electron chi connectivity index (χ1n) is 6.26. The van der Waals surface area contributed by atoms with Crippen molar-refractivity contribution in [2.45, 2.75) is 26.8 Å². The summed E-state index contributed by atoms with van der Waals surface area (Å²) in [5.74, 6) is 0.412. The molecule has 0 spiro atoms. The van der Waals surface area contributed by atoms with E-state index in [-0.39, 0.29) is 5.91 Å². The Morgan fingerprint density at radius 3 is 2.84 bits per heavy atom. The molecule has 2 rings (SSSR count). The Balaban J connectivity index is 2.07. The Morgan fingerprint density at radius 1 is 1.37 bits per heavy atom. The largest absolute Gasteiger partial charge is 0.350 e. The van der Waals surface area contributed by atoms with Crippen molar-refractivity contribution in [1.82, 2.24) is 15.3 Å². The third-order valence-corrected chi connectivity index (χ3v) is 3.30. The Morgan fingerprint density at radius 2 is 2.16 bits per heavy atom. The highest BCUT2D eigenvalue weighted by Gasteiger charge is 2.10. The summed E-state index contributed by atoms with van der Waals surface area (Å²) in [5.41, 5.74) is 2.69. The van der Waals surface area contributed by atoms with Crippen molar-refractivity contribution >= 4 is 17.2 Å². The van der Waals surface area contributed by atoms with Crippen LogP contribution in [0.25, 0.3) is 11.3 Å². The molecule has 0 aliphatic carbocycles. The minimum atomic E-state index is 0.0527. The summed E-state index contributed by atoms with van der Waals surface area (Å²) < 4.78 is 0. The number of nitrogens with one attached hydrogen (secondary N) is 1. The van der Waals surface area contributed by atoms with Gasteiger partial charge in [0, 0.05) is 29.8 Å². The molecule has 0 radical (unpaired) electrons. The van der Waals surface area contributed by atoms with E-state index in [1.807, 2.05) is 30.7 Å². The number of rotatable bonds is 5. The zero-order valence-corrected chi connectivity index (χ0v) is 11.9. The maximum absolute atomic E-state index is 11.7. The van der Waals surface area contributed by atoms with E-state index in [0.29, 0.717) is 18.9 Å².